The van der Waals surface area contributed by atoms with Crippen molar-refractivity contribution >= 4 is 17.6 Å². The van der Waals surface area contributed by atoms with Crippen molar-refractivity contribution in [1.82, 2.24) is 10.6 Å². The first-order valence-electron chi connectivity index (χ1n) is 8.45. The summed E-state index contributed by atoms with van der Waals surface area (Å²) >= 11 is 0. The zero-order valence-electron chi connectivity index (χ0n) is 15.1. The third-order valence-electron chi connectivity index (χ3n) is 3.74. The van der Waals surface area contributed by atoms with Crippen molar-refractivity contribution in [2.75, 3.05) is 13.1 Å². The van der Waals surface area contributed by atoms with Crippen molar-refractivity contribution in [1.29, 1.82) is 0 Å². The fraction of sp³-hybridized carbons (Fsp3) is 0.150. The van der Waals surface area contributed by atoms with Crippen LogP contribution in [-0.2, 0) is 4.79 Å². The number of rotatable bonds is 6. The Hall–Kier alpha value is -3.83. The van der Waals surface area contributed by atoms with Crippen LogP contribution in [0.1, 0.15) is 21.5 Å². The van der Waals surface area contributed by atoms with Crippen molar-refractivity contribution in [2.45, 2.75) is 6.04 Å². The van der Waals surface area contributed by atoms with Crippen molar-refractivity contribution in [3.8, 4) is 11.8 Å². The number of carbonyl (C=O) groups is 2. The molecule has 144 valence electrons. The van der Waals surface area contributed by atoms with Crippen LogP contribution in [0.25, 0.3) is 0 Å². The molecule has 28 heavy (non-hydrogen) atoms. The summed E-state index contributed by atoms with van der Waals surface area (Å²) in [5.74, 6) is 4.95. The van der Waals surface area contributed by atoms with Gasteiger partial charge in [0.25, 0.3) is 5.91 Å². The van der Waals surface area contributed by atoms with Gasteiger partial charge in [0.2, 0.25) is 5.91 Å². The first-order valence-corrected chi connectivity index (χ1v) is 8.45. The van der Waals surface area contributed by atoms with Gasteiger partial charge in [-0.25, -0.2) is 0 Å². The second-order valence-electron chi connectivity index (χ2n) is 5.75. The first kappa shape index (κ1) is 20.5. The molecule has 1 unspecified atom stereocenters. The van der Waals surface area contributed by atoms with E-state index in [0.29, 0.717) is 5.56 Å². The highest BCUT2D eigenvalue weighted by Gasteiger charge is 2.18. The minimum absolute atomic E-state index is 0.0572. The molecule has 0 aliphatic rings. The summed E-state index contributed by atoms with van der Waals surface area (Å²) in [7, 11) is 0. The lowest BCUT2D eigenvalue weighted by atomic mass is 10.1. The predicted molar refractivity (Wildman–Crippen MR) is 106 cm³/mol. The molecular formula is C20H21N5O3. The van der Waals surface area contributed by atoms with Gasteiger partial charge in [0.15, 0.2) is 5.84 Å². The largest absolute Gasteiger partial charge is 0.409 e. The number of carbonyl (C=O) groups excluding carboxylic acids is 2. The van der Waals surface area contributed by atoms with Crippen LogP contribution in [0.2, 0.25) is 0 Å². The molecule has 0 heterocycles. The summed E-state index contributed by atoms with van der Waals surface area (Å²) in [6.45, 7) is -0.263. The average molecular weight is 379 g/mol. The summed E-state index contributed by atoms with van der Waals surface area (Å²) in [6.07, 6.45) is 0. The van der Waals surface area contributed by atoms with E-state index in [4.69, 9.17) is 16.7 Å². The highest BCUT2D eigenvalue weighted by atomic mass is 16.4. The number of hydrogen-bond donors (Lipinski definition) is 5. The van der Waals surface area contributed by atoms with E-state index >= 15 is 0 Å². The molecule has 2 aromatic rings. The number of amidine groups is 1. The second-order valence-corrected chi connectivity index (χ2v) is 5.75. The minimum Gasteiger partial charge on any atom is -0.409 e. The summed E-state index contributed by atoms with van der Waals surface area (Å²) in [5.41, 5.74) is 12.8. The normalized spacial score (nSPS) is 11.7. The van der Waals surface area contributed by atoms with Crippen LogP contribution in [0, 0.1) is 11.8 Å². The van der Waals surface area contributed by atoms with Crippen LogP contribution in [0.3, 0.4) is 0 Å². The summed E-state index contributed by atoms with van der Waals surface area (Å²) in [6, 6.07) is 15.3. The zero-order valence-corrected chi connectivity index (χ0v) is 15.1. The molecule has 2 aromatic carbocycles. The minimum atomic E-state index is -0.884. The lowest BCUT2D eigenvalue weighted by Gasteiger charge is -2.18. The molecule has 0 aromatic heterocycles. The van der Waals surface area contributed by atoms with Gasteiger partial charge in [-0.05, 0) is 36.4 Å². The maximum atomic E-state index is 12.4. The number of oxime groups is 1. The van der Waals surface area contributed by atoms with E-state index in [2.05, 4.69) is 27.6 Å². The highest BCUT2D eigenvalue weighted by molar-refractivity contribution is 5.98. The van der Waals surface area contributed by atoms with E-state index in [0.717, 1.165) is 11.1 Å². The Kier molecular flexibility index (Phi) is 7.57. The molecule has 0 saturated heterocycles. The number of hydrogen-bond acceptors (Lipinski definition) is 5. The standard InChI is InChI=1S/C20H21N5O3/c21-12-18(26)23-13-17(19(22)25-28)24-20(27)16-10-8-15(9-11-16)7-6-14-4-2-1-3-5-14/h1-5,8-11,17,28H,12-13,21H2,(H2,22,25)(H,23,26)(H,24,27). The van der Waals surface area contributed by atoms with Crippen LogP contribution < -0.4 is 22.1 Å². The lowest BCUT2D eigenvalue weighted by molar-refractivity contribution is -0.119. The maximum absolute atomic E-state index is 12.4. The third kappa shape index (κ3) is 6.16. The molecule has 2 amide bonds. The van der Waals surface area contributed by atoms with Gasteiger partial charge >= 0.3 is 0 Å². The molecule has 0 radical (unpaired) electrons. The fourth-order valence-electron chi connectivity index (χ4n) is 2.20. The monoisotopic (exact) mass is 379 g/mol. The van der Waals surface area contributed by atoms with Gasteiger partial charge < -0.3 is 27.3 Å². The van der Waals surface area contributed by atoms with Gasteiger partial charge in [0, 0.05) is 23.2 Å². The smallest absolute Gasteiger partial charge is 0.251 e. The topological polar surface area (TPSA) is 143 Å². The van der Waals surface area contributed by atoms with E-state index in [1.54, 1.807) is 24.3 Å². The van der Waals surface area contributed by atoms with Crippen LogP contribution in [0.5, 0.6) is 0 Å². The van der Waals surface area contributed by atoms with Gasteiger partial charge in [0.1, 0.15) is 6.04 Å². The predicted octanol–water partition coefficient (Wildman–Crippen LogP) is 0.00610. The SMILES string of the molecule is NCC(=O)NCC(NC(=O)c1ccc(C#Cc2ccccc2)cc1)C(N)=NO. The van der Waals surface area contributed by atoms with Crippen LogP contribution in [0.4, 0.5) is 0 Å². The van der Waals surface area contributed by atoms with E-state index in [1.165, 1.54) is 0 Å². The van der Waals surface area contributed by atoms with Gasteiger partial charge in [-0.2, -0.15) is 0 Å². The van der Waals surface area contributed by atoms with Crippen molar-refractivity contribution in [3.63, 3.8) is 0 Å². The Bertz CT molecular complexity index is 899. The molecule has 7 N–H and O–H groups in total. The molecule has 0 spiro atoms. The molecule has 1 atom stereocenters. The highest BCUT2D eigenvalue weighted by Crippen LogP contribution is 2.05. The molecule has 0 aliphatic carbocycles. The van der Waals surface area contributed by atoms with Crippen LogP contribution >= 0.6 is 0 Å². The third-order valence-corrected chi connectivity index (χ3v) is 3.74. The summed E-state index contributed by atoms with van der Waals surface area (Å²) in [5, 5.41) is 16.8. The van der Waals surface area contributed by atoms with E-state index in [9.17, 15) is 9.59 Å². The number of nitrogens with two attached hydrogens (primary N) is 2. The van der Waals surface area contributed by atoms with Crippen LogP contribution in [0.15, 0.2) is 59.8 Å². The Morgan fingerprint density at radius 2 is 1.64 bits per heavy atom. The quantitative estimate of drug-likeness (QED) is 0.158. The van der Waals surface area contributed by atoms with Gasteiger partial charge in [-0.15, -0.1) is 0 Å². The summed E-state index contributed by atoms with van der Waals surface area (Å²) < 4.78 is 0. The van der Waals surface area contributed by atoms with Gasteiger partial charge in [-0.1, -0.05) is 35.2 Å². The molecule has 0 aliphatic heterocycles. The second kappa shape index (κ2) is 10.4. The zero-order chi connectivity index (χ0) is 20.4. The van der Waals surface area contributed by atoms with E-state index in [1.807, 2.05) is 30.3 Å². The van der Waals surface area contributed by atoms with Crippen LogP contribution in [-0.4, -0.2) is 42.0 Å². The first-order chi connectivity index (χ1) is 13.5. The Morgan fingerprint density at radius 1 is 1.04 bits per heavy atom. The lowest BCUT2D eigenvalue weighted by Crippen LogP contribution is -2.51. The number of amides is 2. The number of nitrogens with one attached hydrogen (secondary N) is 2. The van der Waals surface area contributed by atoms with Crippen molar-refractivity contribution < 1.29 is 14.8 Å². The van der Waals surface area contributed by atoms with Crippen molar-refractivity contribution in [2.24, 2.45) is 16.6 Å². The average Bonchev–Trinajstić information content (AvgIpc) is 2.75. The molecule has 0 saturated carbocycles. The fourth-order valence-corrected chi connectivity index (χ4v) is 2.20. The number of nitrogens with zero attached hydrogens (tertiary/aromatic N) is 1. The van der Waals surface area contributed by atoms with Gasteiger partial charge in [-0.3, -0.25) is 9.59 Å². The Labute approximate surface area is 162 Å². The molecule has 2 rings (SSSR count). The van der Waals surface area contributed by atoms with Gasteiger partial charge in [0.05, 0.1) is 6.54 Å². The molecule has 0 fully saturated rings. The van der Waals surface area contributed by atoms with E-state index < -0.39 is 17.9 Å². The van der Waals surface area contributed by atoms with E-state index in [-0.39, 0.29) is 18.9 Å². The molecule has 8 nitrogen and oxygen atoms in total. The number of benzene rings is 2. The maximum Gasteiger partial charge on any atom is 0.251 e. The Balaban J connectivity index is 2.04. The Morgan fingerprint density at radius 3 is 2.21 bits per heavy atom. The summed E-state index contributed by atoms with van der Waals surface area (Å²) in [4.78, 5) is 23.7. The molecule has 0 bridgehead atoms. The molecule has 8 heteroatoms. The molecular weight excluding hydrogens is 358 g/mol. The van der Waals surface area contributed by atoms with Crippen molar-refractivity contribution in [3.05, 3.63) is 71.3 Å².